The Kier molecular flexibility index (Phi) is 5.18. The number of piperazine rings is 1. The van der Waals surface area contributed by atoms with E-state index in [1.165, 1.54) is 0 Å². The Bertz CT molecular complexity index is 224. The smallest absolute Gasteiger partial charge is 0.234 e. The van der Waals surface area contributed by atoms with Crippen LogP contribution in [0.1, 0.15) is 6.92 Å². The summed E-state index contributed by atoms with van der Waals surface area (Å²) >= 11 is 0. The number of nitrogens with zero attached hydrogens (tertiary/aromatic N) is 3. The third kappa shape index (κ3) is 4.08. The highest BCUT2D eigenvalue weighted by atomic mass is 16.1. The molecule has 1 aliphatic rings. The molecule has 1 saturated heterocycles. The predicted molar refractivity (Wildman–Crippen MR) is 65.2 cm³/mol. The largest absolute Gasteiger partial charge is 0.368 e. The number of rotatable bonds is 5. The van der Waals surface area contributed by atoms with E-state index in [2.05, 4.69) is 28.8 Å². The summed E-state index contributed by atoms with van der Waals surface area (Å²) in [6.45, 7) is 8.03. The minimum Gasteiger partial charge on any atom is -0.368 e. The maximum absolute atomic E-state index is 11.1. The molecular formula is C11H24N4O. The normalized spacial score (nSPS) is 21.2. The Morgan fingerprint density at radius 1 is 1.31 bits per heavy atom. The Morgan fingerprint density at radius 3 is 2.31 bits per heavy atom. The van der Waals surface area contributed by atoms with E-state index in [4.69, 9.17) is 5.73 Å². The summed E-state index contributed by atoms with van der Waals surface area (Å²) in [5.41, 5.74) is 5.30. The zero-order valence-corrected chi connectivity index (χ0v) is 10.6. The maximum atomic E-state index is 11.1. The van der Waals surface area contributed by atoms with Gasteiger partial charge in [-0.2, -0.15) is 0 Å². The third-order valence-corrected chi connectivity index (χ3v) is 3.23. The van der Waals surface area contributed by atoms with E-state index in [0.717, 1.165) is 39.3 Å². The Hall–Kier alpha value is -0.650. The van der Waals surface area contributed by atoms with Gasteiger partial charge in [0.15, 0.2) is 0 Å². The molecule has 5 heteroatoms. The van der Waals surface area contributed by atoms with Gasteiger partial charge in [0, 0.05) is 39.3 Å². The molecule has 1 aliphatic heterocycles. The van der Waals surface area contributed by atoms with Crippen LogP contribution in [0.2, 0.25) is 0 Å². The third-order valence-electron chi connectivity index (χ3n) is 3.23. The average molecular weight is 228 g/mol. The summed E-state index contributed by atoms with van der Waals surface area (Å²) < 4.78 is 0. The van der Waals surface area contributed by atoms with Crippen LogP contribution in [0.25, 0.3) is 0 Å². The van der Waals surface area contributed by atoms with E-state index in [0.29, 0.717) is 0 Å². The molecule has 1 amide bonds. The highest BCUT2D eigenvalue weighted by molar-refractivity contribution is 5.79. The van der Waals surface area contributed by atoms with E-state index in [1.807, 2.05) is 6.92 Å². The number of hydrogen-bond donors (Lipinski definition) is 1. The molecule has 0 aliphatic carbocycles. The van der Waals surface area contributed by atoms with Gasteiger partial charge in [-0.05, 0) is 21.0 Å². The van der Waals surface area contributed by atoms with Crippen molar-refractivity contribution in [2.45, 2.75) is 13.0 Å². The number of carbonyl (C=O) groups is 1. The molecule has 0 radical (unpaired) electrons. The molecular weight excluding hydrogens is 204 g/mol. The molecule has 0 spiro atoms. The van der Waals surface area contributed by atoms with Gasteiger partial charge in [-0.1, -0.05) is 0 Å². The zero-order valence-electron chi connectivity index (χ0n) is 10.6. The van der Waals surface area contributed by atoms with Crippen LogP contribution >= 0.6 is 0 Å². The molecule has 5 nitrogen and oxygen atoms in total. The molecule has 0 aromatic heterocycles. The van der Waals surface area contributed by atoms with Crippen LogP contribution < -0.4 is 5.73 Å². The van der Waals surface area contributed by atoms with Gasteiger partial charge in [-0.3, -0.25) is 14.6 Å². The Labute approximate surface area is 98.2 Å². The predicted octanol–water partition coefficient (Wildman–Crippen LogP) is -0.961. The number of primary amides is 1. The monoisotopic (exact) mass is 228 g/mol. The van der Waals surface area contributed by atoms with Crippen molar-refractivity contribution in [3.8, 4) is 0 Å². The Balaban J connectivity index is 2.25. The Morgan fingerprint density at radius 2 is 1.88 bits per heavy atom. The number of amides is 1. The van der Waals surface area contributed by atoms with Crippen molar-refractivity contribution < 1.29 is 4.79 Å². The van der Waals surface area contributed by atoms with Gasteiger partial charge in [0.05, 0.1) is 6.04 Å². The van der Waals surface area contributed by atoms with Crippen LogP contribution in [0.3, 0.4) is 0 Å². The van der Waals surface area contributed by atoms with Crippen LogP contribution in [-0.2, 0) is 4.79 Å². The van der Waals surface area contributed by atoms with Gasteiger partial charge in [0.2, 0.25) is 5.91 Å². The lowest BCUT2D eigenvalue weighted by atomic mass is 10.2. The summed E-state index contributed by atoms with van der Waals surface area (Å²) in [5.74, 6) is -0.221. The maximum Gasteiger partial charge on any atom is 0.234 e. The SMILES string of the molecule is CC(C(N)=O)N1CCN(CCN(C)C)CC1. The van der Waals surface area contributed by atoms with Gasteiger partial charge in [0.25, 0.3) is 0 Å². The molecule has 94 valence electrons. The first kappa shape index (κ1) is 13.4. The topological polar surface area (TPSA) is 52.8 Å². The molecule has 1 rings (SSSR count). The summed E-state index contributed by atoms with van der Waals surface area (Å²) in [5, 5.41) is 0. The standard InChI is InChI=1S/C11H24N4O/c1-10(11(12)16)15-8-6-14(7-9-15)5-4-13(2)3/h10H,4-9H2,1-3H3,(H2,12,16). The molecule has 1 unspecified atom stereocenters. The molecule has 16 heavy (non-hydrogen) atoms. The van der Waals surface area contributed by atoms with Crippen LogP contribution in [0, 0.1) is 0 Å². The molecule has 0 aromatic rings. The molecule has 0 bridgehead atoms. The van der Waals surface area contributed by atoms with Crippen LogP contribution in [0.4, 0.5) is 0 Å². The first-order chi connectivity index (χ1) is 7.50. The summed E-state index contributed by atoms with van der Waals surface area (Å²) in [6.07, 6.45) is 0. The highest BCUT2D eigenvalue weighted by Gasteiger charge is 2.23. The molecule has 0 saturated carbocycles. The summed E-state index contributed by atoms with van der Waals surface area (Å²) in [7, 11) is 4.18. The van der Waals surface area contributed by atoms with Crippen molar-refractivity contribution in [3.05, 3.63) is 0 Å². The van der Waals surface area contributed by atoms with Crippen molar-refractivity contribution in [1.82, 2.24) is 14.7 Å². The number of nitrogens with two attached hydrogens (primary N) is 1. The zero-order chi connectivity index (χ0) is 12.1. The van der Waals surface area contributed by atoms with E-state index in [-0.39, 0.29) is 11.9 Å². The first-order valence-electron chi connectivity index (χ1n) is 5.91. The molecule has 1 fully saturated rings. The van der Waals surface area contributed by atoms with Crippen LogP contribution in [-0.4, -0.2) is 80.0 Å². The van der Waals surface area contributed by atoms with E-state index < -0.39 is 0 Å². The summed E-state index contributed by atoms with van der Waals surface area (Å²) in [4.78, 5) is 17.8. The minimum atomic E-state index is -0.221. The fraction of sp³-hybridized carbons (Fsp3) is 0.909. The lowest BCUT2D eigenvalue weighted by Gasteiger charge is -2.37. The second-order valence-electron chi connectivity index (χ2n) is 4.76. The first-order valence-corrected chi connectivity index (χ1v) is 5.91. The fourth-order valence-electron chi connectivity index (χ4n) is 1.90. The quantitative estimate of drug-likeness (QED) is 0.658. The molecule has 2 N–H and O–H groups in total. The second-order valence-corrected chi connectivity index (χ2v) is 4.76. The lowest BCUT2D eigenvalue weighted by molar-refractivity contribution is -0.123. The van der Waals surface area contributed by atoms with Crippen LogP contribution in [0.5, 0.6) is 0 Å². The second kappa shape index (κ2) is 6.18. The van der Waals surface area contributed by atoms with Crippen molar-refractivity contribution >= 4 is 5.91 Å². The van der Waals surface area contributed by atoms with Crippen molar-refractivity contribution in [3.63, 3.8) is 0 Å². The van der Waals surface area contributed by atoms with Gasteiger partial charge >= 0.3 is 0 Å². The summed E-state index contributed by atoms with van der Waals surface area (Å²) in [6, 6.07) is -0.129. The average Bonchev–Trinajstić information content (AvgIpc) is 2.26. The lowest BCUT2D eigenvalue weighted by Crippen LogP contribution is -2.53. The number of carbonyl (C=O) groups excluding carboxylic acids is 1. The van der Waals surface area contributed by atoms with E-state index >= 15 is 0 Å². The van der Waals surface area contributed by atoms with Gasteiger partial charge in [-0.15, -0.1) is 0 Å². The van der Waals surface area contributed by atoms with Crippen molar-refractivity contribution in [2.75, 3.05) is 53.4 Å². The van der Waals surface area contributed by atoms with Crippen molar-refractivity contribution in [2.24, 2.45) is 5.73 Å². The highest BCUT2D eigenvalue weighted by Crippen LogP contribution is 2.05. The molecule has 0 aromatic carbocycles. The van der Waals surface area contributed by atoms with E-state index in [9.17, 15) is 4.79 Å². The number of hydrogen-bond acceptors (Lipinski definition) is 4. The molecule has 1 heterocycles. The minimum absolute atomic E-state index is 0.129. The van der Waals surface area contributed by atoms with Gasteiger partial charge in [0.1, 0.15) is 0 Å². The van der Waals surface area contributed by atoms with Crippen LogP contribution in [0.15, 0.2) is 0 Å². The van der Waals surface area contributed by atoms with Gasteiger partial charge < -0.3 is 10.6 Å². The van der Waals surface area contributed by atoms with Crippen molar-refractivity contribution in [1.29, 1.82) is 0 Å². The van der Waals surface area contributed by atoms with E-state index in [1.54, 1.807) is 0 Å². The van der Waals surface area contributed by atoms with Gasteiger partial charge in [-0.25, -0.2) is 0 Å². The fourth-order valence-corrected chi connectivity index (χ4v) is 1.90. The molecule has 1 atom stereocenters. The number of likely N-dealkylation sites (N-methyl/N-ethyl adjacent to an activating group) is 1.